The molecule has 0 fully saturated rings. The zero-order valence-corrected chi connectivity index (χ0v) is 11.7. The van der Waals surface area contributed by atoms with Crippen molar-refractivity contribution in [3.8, 4) is 0 Å². The van der Waals surface area contributed by atoms with E-state index in [2.05, 4.69) is 5.32 Å². The molecule has 5 heteroatoms. The topological polar surface area (TPSA) is 67.6 Å². The summed E-state index contributed by atoms with van der Waals surface area (Å²) in [6.45, 7) is 2.32. The first-order valence-electron chi connectivity index (χ1n) is 6.42. The Morgan fingerprint density at radius 1 is 1.42 bits per heavy atom. The van der Waals surface area contributed by atoms with E-state index in [1.165, 1.54) is 0 Å². The van der Waals surface area contributed by atoms with E-state index in [0.717, 1.165) is 24.2 Å². The zero-order chi connectivity index (χ0) is 14.1. The van der Waals surface area contributed by atoms with Crippen molar-refractivity contribution in [2.45, 2.75) is 13.0 Å². The number of likely N-dealkylation sites (N-methyl/N-ethyl adjacent to an activating group) is 1. The number of carbonyl (C=O) groups excluding carboxylic acids is 1. The van der Waals surface area contributed by atoms with E-state index in [-0.39, 0.29) is 5.91 Å². The van der Waals surface area contributed by atoms with Gasteiger partial charge in [-0.1, -0.05) is 18.2 Å². The quantitative estimate of drug-likeness (QED) is 0.690. The smallest absolute Gasteiger partial charge is 0.238 e. The van der Waals surface area contributed by atoms with Crippen molar-refractivity contribution in [1.29, 1.82) is 0 Å². The zero-order valence-electron chi connectivity index (χ0n) is 11.7. The van der Waals surface area contributed by atoms with Gasteiger partial charge in [0.05, 0.1) is 6.54 Å². The van der Waals surface area contributed by atoms with Crippen LogP contribution in [0.25, 0.3) is 0 Å². The summed E-state index contributed by atoms with van der Waals surface area (Å²) in [6.07, 6.45) is 0.916. The Labute approximate surface area is 114 Å². The number of hydrogen-bond acceptors (Lipinski definition) is 4. The molecule has 5 nitrogen and oxygen atoms in total. The van der Waals surface area contributed by atoms with Gasteiger partial charge in [-0.05, 0) is 25.1 Å². The number of carbonyl (C=O) groups is 1. The maximum absolute atomic E-state index is 11.9. The maximum atomic E-state index is 11.9. The van der Waals surface area contributed by atoms with E-state index in [1.807, 2.05) is 36.2 Å². The van der Waals surface area contributed by atoms with Gasteiger partial charge < -0.3 is 15.8 Å². The van der Waals surface area contributed by atoms with Gasteiger partial charge in [0, 0.05) is 32.5 Å². The summed E-state index contributed by atoms with van der Waals surface area (Å²) in [5.74, 6) is -0.0270. The van der Waals surface area contributed by atoms with E-state index in [9.17, 15) is 4.79 Å². The molecule has 0 aliphatic carbocycles. The van der Waals surface area contributed by atoms with Crippen LogP contribution in [0.3, 0.4) is 0 Å². The summed E-state index contributed by atoms with van der Waals surface area (Å²) in [5.41, 5.74) is 7.37. The molecule has 19 heavy (non-hydrogen) atoms. The highest BCUT2D eigenvalue weighted by Crippen LogP contribution is 2.13. The standard InChI is InChI=1S/C14H23N3O2/c1-17(8-5-9-19-2)11-14(18)16-13-7-4-3-6-12(13)10-15/h3-4,6-7H,5,8-11,15H2,1-2H3,(H,16,18). The first kappa shape index (κ1) is 15.6. The van der Waals surface area contributed by atoms with Gasteiger partial charge in [0.1, 0.15) is 0 Å². The van der Waals surface area contributed by atoms with Gasteiger partial charge in [-0.3, -0.25) is 9.69 Å². The molecule has 0 aliphatic rings. The number of anilines is 1. The number of hydrogen-bond donors (Lipinski definition) is 2. The number of nitrogens with two attached hydrogens (primary N) is 1. The molecule has 0 saturated heterocycles. The lowest BCUT2D eigenvalue weighted by Gasteiger charge is -2.16. The van der Waals surface area contributed by atoms with Crippen LogP contribution >= 0.6 is 0 Å². The van der Waals surface area contributed by atoms with Crippen molar-refractivity contribution in [2.75, 3.05) is 39.2 Å². The molecule has 0 unspecified atom stereocenters. The van der Waals surface area contributed by atoms with Gasteiger partial charge in [0.15, 0.2) is 0 Å². The molecule has 0 spiro atoms. The van der Waals surface area contributed by atoms with Crippen molar-refractivity contribution < 1.29 is 9.53 Å². The number of amides is 1. The van der Waals surface area contributed by atoms with Crippen LogP contribution in [-0.2, 0) is 16.1 Å². The third kappa shape index (κ3) is 5.83. The molecule has 0 heterocycles. The number of para-hydroxylation sites is 1. The second kappa shape index (κ2) is 8.63. The number of methoxy groups -OCH3 is 1. The first-order chi connectivity index (χ1) is 9.17. The third-order valence-corrected chi connectivity index (χ3v) is 2.81. The molecule has 1 rings (SSSR count). The first-order valence-corrected chi connectivity index (χ1v) is 6.42. The molecule has 0 atom stereocenters. The van der Waals surface area contributed by atoms with E-state index in [4.69, 9.17) is 10.5 Å². The number of nitrogens with one attached hydrogen (secondary N) is 1. The Kier molecular flexibility index (Phi) is 7.10. The monoisotopic (exact) mass is 265 g/mol. The van der Waals surface area contributed by atoms with Crippen LogP contribution in [0.5, 0.6) is 0 Å². The molecular weight excluding hydrogens is 242 g/mol. The lowest BCUT2D eigenvalue weighted by atomic mass is 10.2. The Morgan fingerprint density at radius 3 is 2.84 bits per heavy atom. The van der Waals surface area contributed by atoms with Gasteiger partial charge in [-0.15, -0.1) is 0 Å². The molecule has 1 aromatic carbocycles. The predicted molar refractivity (Wildman–Crippen MR) is 77.0 cm³/mol. The van der Waals surface area contributed by atoms with Crippen LogP contribution in [0.4, 0.5) is 5.69 Å². The minimum atomic E-state index is -0.0270. The number of benzene rings is 1. The maximum Gasteiger partial charge on any atom is 0.238 e. The largest absolute Gasteiger partial charge is 0.385 e. The van der Waals surface area contributed by atoms with Crippen molar-refractivity contribution in [3.63, 3.8) is 0 Å². The molecule has 0 aromatic heterocycles. The number of nitrogens with zero attached hydrogens (tertiary/aromatic N) is 1. The minimum absolute atomic E-state index is 0.0270. The Morgan fingerprint density at radius 2 is 2.16 bits per heavy atom. The Balaban J connectivity index is 2.42. The lowest BCUT2D eigenvalue weighted by Crippen LogP contribution is -2.31. The van der Waals surface area contributed by atoms with Gasteiger partial charge in [-0.25, -0.2) is 0 Å². The van der Waals surface area contributed by atoms with Crippen LogP contribution in [0.2, 0.25) is 0 Å². The fourth-order valence-corrected chi connectivity index (χ4v) is 1.81. The molecule has 3 N–H and O–H groups in total. The summed E-state index contributed by atoms with van der Waals surface area (Å²) in [6, 6.07) is 7.58. The fraction of sp³-hybridized carbons (Fsp3) is 0.500. The predicted octanol–water partition coefficient (Wildman–Crippen LogP) is 1.05. The Hall–Kier alpha value is -1.43. The van der Waals surface area contributed by atoms with Crippen LogP contribution in [0.1, 0.15) is 12.0 Å². The SMILES string of the molecule is COCCCN(C)CC(=O)Nc1ccccc1CN. The minimum Gasteiger partial charge on any atom is -0.385 e. The highest BCUT2D eigenvalue weighted by molar-refractivity contribution is 5.92. The third-order valence-electron chi connectivity index (χ3n) is 2.81. The van der Waals surface area contributed by atoms with Crippen molar-refractivity contribution >= 4 is 11.6 Å². The molecule has 0 saturated carbocycles. The Bertz CT molecular complexity index is 396. The molecular formula is C14H23N3O2. The van der Waals surface area contributed by atoms with Crippen molar-refractivity contribution in [1.82, 2.24) is 4.90 Å². The molecule has 1 amide bonds. The van der Waals surface area contributed by atoms with Gasteiger partial charge in [0.25, 0.3) is 0 Å². The highest BCUT2D eigenvalue weighted by atomic mass is 16.5. The number of ether oxygens (including phenoxy) is 1. The van der Waals surface area contributed by atoms with Crippen molar-refractivity contribution in [2.24, 2.45) is 5.73 Å². The summed E-state index contributed by atoms with van der Waals surface area (Å²) < 4.78 is 4.98. The summed E-state index contributed by atoms with van der Waals surface area (Å²) in [4.78, 5) is 13.9. The van der Waals surface area contributed by atoms with E-state index in [1.54, 1.807) is 7.11 Å². The molecule has 0 aliphatic heterocycles. The highest BCUT2D eigenvalue weighted by Gasteiger charge is 2.08. The fourth-order valence-electron chi connectivity index (χ4n) is 1.81. The molecule has 1 aromatic rings. The second-order valence-electron chi connectivity index (χ2n) is 4.49. The van der Waals surface area contributed by atoms with Gasteiger partial charge in [-0.2, -0.15) is 0 Å². The van der Waals surface area contributed by atoms with E-state index >= 15 is 0 Å². The second-order valence-corrected chi connectivity index (χ2v) is 4.49. The summed E-state index contributed by atoms with van der Waals surface area (Å²) >= 11 is 0. The van der Waals surface area contributed by atoms with Crippen LogP contribution < -0.4 is 11.1 Å². The lowest BCUT2D eigenvalue weighted by molar-refractivity contribution is -0.117. The van der Waals surface area contributed by atoms with Crippen LogP contribution in [0, 0.1) is 0 Å². The number of rotatable bonds is 8. The van der Waals surface area contributed by atoms with Gasteiger partial charge in [0.2, 0.25) is 5.91 Å². The van der Waals surface area contributed by atoms with Crippen molar-refractivity contribution in [3.05, 3.63) is 29.8 Å². The summed E-state index contributed by atoms with van der Waals surface area (Å²) in [5, 5.41) is 2.89. The van der Waals surface area contributed by atoms with Crippen LogP contribution in [0.15, 0.2) is 24.3 Å². The van der Waals surface area contributed by atoms with E-state index in [0.29, 0.717) is 19.7 Å². The summed E-state index contributed by atoms with van der Waals surface area (Å²) in [7, 11) is 3.60. The molecule has 106 valence electrons. The average molecular weight is 265 g/mol. The molecule has 0 bridgehead atoms. The normalized spacial score (nSPS) is 10.7. The average Bonchev–Trinajstić information content (AvgIpc) is 2.39. The van der Waals surface area contributed by atoms with Crippen LogP contribution in [-0.4, -0.2) is 44.7 Å². The van der Waals surface area contributed by atoms with E-state index < -0.39 is 0 Å². The van der Waals surface area contributed by atoms with Gasteiger partial charge >= 0.3 is 0 Å². The molecule has 0 radical (unpaired) electrons.